The summed E-state index contributed by atoms with van der Waals surface area (Å²) >= 11 is 0. The molecule has 96 valence electrons. The first kappa shape index (κ1) is 12.5. The van der Waals surface area contributed by atoms with Crippen LogP contribution in [0.4, 0.5) is 0 Å². The first-order chi connectivity index (χ1) is 8.00. The van der Waals surface area contributed by atoms with E-state index in [0.29, 0.717) is 12.2 Å². The zero-order chi connectivity index (χ0) is 12.5. The van der Waals surface area contributed by atoms with Gasteiger partial charge in [-0.2, -0.15) is 5.10 Å². The van der Waals surface area contributed by atoms with E-state index in [0.717, 1.165) is 19.4 Å². The van der Waals surface area contributed by atoms with E-state index in [1.807, 2.05) is 0 Å². The normalized spacial score (nSPS) is 21.6. The van der Waals surface area contributed by atoms with Crippen molar-refractivity contribution in [2.45, 2.75) is 30.7 Å². The van der Waals surface area contributed by atoms with E-state index in [1.54, 1.807) is 18.7 Å². The van der Waals surface area contributed by atoms with Crippen LogP contribution in [-0.2, 0) is 17.1 Å². The van der Waals surface area contributed by atoms with Crippen LogP contribution in [0.1, 0.15) is 18.5 Å². The Morgan fingerprint density at radius 1 is 1.59 bits per heavy atom. The van der Waals surface area contributed by atoms with E-state index in [1.165, 1.54) is 6.20 Å². The lowest BCUT2D eigenvalue weighted by Crippen LogP contribution is -2.45. The van der Waals surface area contributed by atoms with Crippen molar-refractivity contribution in [3.05, 3.63) is 11.9 Å². The van der Waals surface area contributed by atoms with Crippen molar-refractivity contribution < 1.29 is 8.42 Å². The summed E-state index contributed by atoms with van der Waals surface area (Å²) in [5.41, 5.74) is 0.654. The lowest BCUT2D eigenvalue weighted by atomic mass is 10.1. The number of hydrogen-bond acceptors (Lipinski definition) is 4. The molecule has 1 saturated heterocycles. The molecule has 1 unspecified atom stereocenters. The molecule has 0 amide bonds. The Morgan fingerprint density at radius 2 is 2.35 bits per heavy atom. The van der Waals surface area contributed by atoms with E-state index in [-0.39, 0.29) is 10.9 Å². The van der Waals surface area contributed by atoms with Gasteiger partial charge in [0.15, 0.2) is 0 Å². The molecular weight excluding hydrogens is 240 g/mol. The SMILES string of the molecule is Cc1c(S(=O)(=O)NC2CCCNC2)cnn1C. The molecular formula is C10H18N4O2S. The Hall–Kier alpha value is -0.920. The Morgan fingerprint density at radius 3 is 2.88 bits per heavy atom. The first-order valence-electron chi connectivity index (χ1n) is 5.72. The average Bonchev–Trinajstić information content (AvgIpc) is 2.61. The van der Waals surface area contributed by atoms with Gasteiger partial charge in [-0.25, -0.2) is 13.1 Å². The molecule has 17 heavy (non-hydrogen) atoms. The monoisotopic (exact) mass is 258 g/mol. The number of sulfonamides is 1. The standard InChI is InChI=1S/C10H18N4O2S/c1-8-10(7-12-14(8)2)17(15,16)13-9-4-3-5-11-6-9/h7,9,11,13H,3-6H2,1-2H3. The molecule has 1 aromatic rings. The fourth-order valence-corrected chi connectivity index (χ4v) is 3.45. The average molecular weight is 258 g/mol. The summed E-state index contributed by atoms with van der Waals surface area (Å²) in [6, 6.07) is -0.0200. The van der Waals surface area contributed by atoms with Gasteiger partial charge in [0, 0.05) is 19.6 Å². The van der Waals surface area contributed by atoms with Crippen LogP contribution in [-0.4, -0.2) is 37.3 Å². The molecule has 2 rings (SSSR count). The van der Waals surface area contributed by atoms with Gasteiger partial charge in [-0.05, 0) is 26.3 Å². The minimum Gasteiger partial charge on any atom is -0.315 e. The maximum atomic E-state index is 12.1. The largest absolute Gasteiger partial charge is 0.315 e. The van der Waals surface area contributed by atoms with Gasteiger partial charge in [-0.1, -0.05) is 0 Å². The Kier molecular flexibility index (Phi) is 3.50. The number of rotatable bonds is 3. The van der Waals surface area contributed by atoms with Crippen LogP contribution in [0, 0.1) is 6.92 Å². The van der Waals surface area contributed by atoms with Crippen LogP contribution < -0.4 is 10.0 Å². The van der Waals surface area contributed by atoms with Gasteiger partial charge in [-0.15, -0.1) is 0 Å². The quantitative estimate of drug-likeness (QED) is 0.784. The third-order valence-corrected chi connectivity index (χ3v) is 4.72. The highest BCUT2D eigenvalue weighted by atomic mass is 32.2. The molecule has 0 radical (unpaired) electrons. The van der Waals surface area contributed by atoms with Crippen LogP contribution in [0.3, 0.4) is 0 Å². The Labute approximate surface area is 101 Å². The van der Waals surface area contributed by atoms with Gasteiger partial charge < -0.3 is 5.32 Å². The van der Waals surface area contributed by atoms with E-state index in [9.17, 15) is 8.42 Å². The third kappa shape index (κ3) is 2.67. The molecule has 0 bridgehead atoms. The van der Waals surface area contributed by atoms with Crippen molar-refractivity contribution in [2.24, 2.45) is 7.05 Å². The Balaban J connectivity index is 2.16. The van der Waals surface area contributed by atoms with Crippen molar-refractivity contribution in [3.63, 3.8) is 0 Å². The van der Waals surface area contributed by atoms with Gasteiger partial charge >= 0.3 is 0 Å². The van der Waals surface area contributed by atoms with Gasteiger partial charge in [-0.3, -0.25) is 4.68 Å². The summed E-state index contributed by atoms with van der Waals surface area (Å²) in [7, 11) is -1.71. The second-order valence-corrected chi connectivity index (χ2v) is 6.06. The highest BCUT2D eigenvalue weighted by Crippen LogP contribution is 2.14. The van der Waals surface area contributed by atoms with Gasteiger partial charge in [0.25, 0.3) is 0 Å². The number of aromatic nitrogens is 2. The molecule has 2 heterocycles. The van der Waals surface area contributed by atoms with Crippen LogP contribution in [0.15, 0.2) is 11.1 Å². The van der Waals surface area contributed by atoms with Gasteiger partial charge in [0.2, 0.25) is 10.0 Å². The molecule has 2 N–H and O–H groups in total. The molecule has 1 aliphatic rings. The molecule has 0 saturated carbocycles. The van der Waals surface area contributed by atoms with E-state index < -0.39 is 10.0 Å². The predicted molar refractivity (Wildman–Crippen MR) is 64.2 cm³/mol. The van der Waals surface area contributed by atoms with Crippen molar-refractivity contribution in [1.29, 1.82) is 0 Å². The Bertz CT molecular complexity index is 488. The van der Waals surface area contributed by atoms with E-state index in [2.05, 4.69) is 15.1 Å². The lowest BCUT2D eigenvalue weighted by Gasteiger charge is -2.23. The summed E-state index contributed by atoms with van der Waals surface area (Å²) < 4.78 is 28.6. The summed E-state index contributed by atoms with van der Waals surface area (Å²) in [5.74, 6) is 0. The molecule has 0 aromatic carbocycles. The molecule has 1 aromatic heterocycles. The highest BCUT2D eigenvalue weighted by molar-refractivity contribution is 7.89. The number of aryl methyl sites for hydroxylation is 1. The number of nitrogens with zero attached hydrogens (tertiary/aromatic N) is 2. The highest BCUT2D eigenvalue weighted by Gasteiger charge is 2.24. The lowest BCUT2D eigenvalue weighted by molar-refractivity contribution is 0.428. The molecule has 1 atom stereocenters. The van der Waals surface area contributed by atoms with Gasteiger partial charge in [0.05, 0.1) is 11.9 Å². The molecule has 7 heteroatoms. The van der Waals surface area contributed by atoms with Crippen molar-refractivity contribution in [1.82, 2.24) is 19.8 Å². The van der Waals surface area contributed by atoms with Crippen molar-refractivity contribution in [2.75, 3.05) is 13.1 Å². The topological polar surface area (TPSA) is 76.0 Å². The van der Waals surface area contributed by atoms with Crippen LogP contribution in [0.5, 0.6) is 0 Å². The first-order valence-corrected chi connectivity index (χ1v) is 7.20. The third-order valence-electron chi connectivity index (χ3n) is 3.10. The number of nitrogens with one attached hydrogen (secondary N) is 2. The fourth-order valence-electron chi connectivity index (χ4n) is 1.98. The number of hydrogen-bond donors (Lipinski definition) is 2. The zero-order valence-corrected chi connectivity index (χ0v) is 10.9. The fraction of sp³-hybridized carbons (Fsp3) is 0.700. The molecule has 0 aliphatic carbocycles. The van der Waals surface area contributed by atoms with Crippen LogP contribution in [0.25, 0.3) is 0 Å². The minimum atomic E-state index is -3.44. The van der Waals surface area contributed by atoms with E-state index >= 15 is 0 Å². The van der Waals surface area contributed by atoms with Crippen LogP contribution >= 0.6 is 0 Å². The molecule has 6 nitrogen and oxygen atoms in total. The van der Waals surface area contributed by atoms with Crippen LogP contribution in [0.2, 0.25) is 0 Å². The predicted octanol–water partition coefficient (Wildman–Crippen LogP) is -0.241. The van der Waals surface area contributed by atoms with Crippen molar-refractivity contribution in [3.8, 4) is 0 Å². The summed E-state index contributed by atoms with van der Waals surface area (Å²) in [6.07, 6.45) is 3.28. The molecule has 1 aliphatic heterocycles. The van der Waals surface area contributed by atoms with Gasteiger partial charge in [0.1, 0.15) is 4.90 Å². The summed E-state index contributed by atoms with van der Waals surface area (Å²) in [6.45, 7) is 3.41. The maximum absolute atomic E-state index is 12.1. The summed E-state index contributed by atoms with van der Waals surface area (Å²) in [4.78, 5) is 0.269. The van der Waals surface area contributed by atoms with Crippen molar-refractivity contribution >= 4 is 10.0 Å². The van der Waals surface area contributed by atoms with E-state index in [4.69, 9.17) is 0 Å². The minimum absolute atomic E-state index is 0.0200. The molecule has 0 spiro atoms. The smallest absolute Gasteiger partial charge is 0.244 e. The number of piperidine rings is 1. The maximum Gasteiger partial charge on any atom is 0.244 e. The second-order valence-electron chi connectivity index (χ2n) is 4.38. The zero-order valence-electron chi connectivity index (χ0n) is 10.1. The summed E-state index contributed by atoms with van der Waals surface area (Å²) in [5, 5.41) is 7.14. The molecule has 1 fully saturated rings. The second kappa shape index (κ2) is 4.75.